The number of amides is 1. The van der Waals surface area contributed by atoms with Crippen LogP contribution in [0.2, 0.25) is 0 Å². The number of benzene rings is 2. The van der Waals surface area contributed by atoms with Crippen LogP contribution in [-0.2, 0) is 17.6 Å². The molecule has 3 nitrogen and oxygen atoms in total. The lowest BCUT2D eigenvalue weighted by molar-refractivity contribution is 0.0544. The number of cyclic esters (lactones) is 1. The lowest BCUT2D eigenvalue weighted by Gasteiger charge is -2.30. The highest BCUT2D eigenvalue weighted by molar-refractivity contribution is 5.68. The van der Waals surface area contributed by atoms with Crippen molar-refractivity contribution >= 4 is 6.09 Å². The molecule has 1 aliphatic heterocycles. The smallest absolute Gasteiger partial charge is 0.407 e. The molecule has 1 N–H and O–H groups in total. The third-order valence-electron chi connectivity index (χ3n) is 4.07. The van der Waals surface area contributed by atoms with Gasteiger partial charge in [0.1, 0.15) is 6.10 Å². The van der Waals surface area contributed by atoms with Crippen LogP contribution in [0.1, 0.15) is 24.0 Å². The fraction of sp³-hybridized carbons (Fsp3) is 0.316. The average molecular weight is 295 g/mol. The molecule has 114 valence electrons. The second-order valence-corrected chi connectivity index (χ2v) is 5.82. The lowest BCUT2D eigenvalue weighted by atomic mass is 9.96. The molecule has 0 spiro atoms. The first-order valence-corrected chi connectivity index (χ1v) is 7.84. The van der Waals surface area contributed by atoms with Gasteiger partial charge in [0.25, 0.3) is 0 Å². The summed E-state index contributed by atoms with van der Waals surface area (Å²) in [4.78, 5) is 11.8. The highest BCUT2D eigenvalue weighted by Gasteiger charge is 2.27. The van der Waals surface area contributed by atoms with E-state index in [1.54, 1.807) is 0 Å². The van der Waals surface area contributed by atoms with E-state index in [9.17, 15) is 4.79 Å². The summed E-state index contributed by atoms with van der Waals surface area (Å²) in [5, 5.41) is 2.93. The number of ether oxygens (including phenoxy) is 1. The van der Waals surface area contributed by atoms with Gasteiger partial charge < -0.3 is 10.1 Å². The zero-order valence-corrected chi connectivity index (χ0v) is 12.6. The van der Waals surface area contributed by atoms with Crippen LogP contribution in [0.4, 0.5) is 4.79 Å². The summed E-state index contributed by atoms with van der Waals surface area (Å²) >= 11 is 0. The SMILES string of the molecule is O=C1NC(Cc2ccccc2)CC(CCc2ccccc2)O1. The van der Waals surface area contributed by atoms with Gasteiger partial charge in [0, 0.05) is 12.5 Å². The van der Waals surface area contributed by atoms with E-state index in [1.807, 2.05) is 36.4 Å². The van der Waals surface area contributed by atoms with Crippen molar-refractivity contribution in [3.8, 4) is 0 Å². The van der Waals surface area contributed by atoms with Gasteiger partial charge >= 0.3 is 6.09 Å². The molecule has 0 aromatic heterocycles. The van der Waals surface area contributed by atoms with Crippen LogP contribution in [0.15, 0.2) is 60.7 Å². The molecular formula is C19H21NO2. The first kappa shape index (κ1) is 14.6. The minimum atomic E-state index is -0.287. The van der Waals surface area contributed by atoms with E-state index in [1.165, 1.54) is 11.1 Å². The molecule has 0 saturated carbocycles. The summed E-state index contributed by atoms with van der Waals surface area (Å²) in [6.07, 6.45) is 3.26. The molecule has 3 rings (SSSR count). The van der Waals surface area contributed by atoms with Crippen LogP contribution in [0.3, 0.4) is 0 Å². The van der Waals surface area contributed by atoms with Crippen molar-refractivity contribution in [1.82, 2.24) is 5.32 Å². The van der Waals surface area contributed by atoms with E-state index in [2.05, 4.69) is 29.6 Å². The van der Waals surface area contributed by atoms with Gasteiger partial charge in [-0.1, -0.05) is 60.7 Å². The summed E-state index contributed by atoms with van der Waals surface area (Å²) in [6, 6.07) is 20.8. The molecule has 3 heteroatoms. The predicted octanol–water partition coefficient (Wildman–Crippen LogP) is 3.73. The first-order chi connectivity index (χ1) is 10.8. The number of alkyl carbamates (subject to hydrolysis) is 1. The number of carbonyl (C=O) groups is 1. The Balaban J connectivity index is 1.55. The van der Waals surface area contributed by atoms with Gasteiger partial charge in [-0.3, -0.25) is 0 Å². The number of aryl methyl sites for hydroxylation is 1. The van der Waals surface area contributed by atoms with Crippen molar-refractivity contribution in [1.29, 1.82) is 0 Å². The monoisotopic (exact) mass is 295 g/mol. The molecule has 22 heavy (non-hydrogen) atoms. The highest BCUT2D eigenvalue weighted by Crippen LogP contribution is 2.18. The molecule has 0 bridgehead atoms. The largest absolute Gasteiger partial charge is 0.446 e. The van der Waals surface area contributed by atoms with E-state index in [-0.39, 0.29) is 18.2 Å². The number of rotatable bonds is 5. The summed E-state index contributed by atoms with van der Waals surface area (Å²) in [7, 11) is 0. The zero-order chi connectivity index (χ0) is 15.2. The van der Waals surface area contributed by atoms with Gasteiger partial charge in [0.05, 0.1) is 0 Å². The fourth-order valence-corrected chi connectivity index (χ4v) is 2.96. The Hall–Kier alpha value is -2.29. The molecule has 2 unspecified atom stereocenters. The summed E-state index contributed by atoms with van der Waals surface area (Å²) < 4.78 is 5.43. The van der Waals surface area contributed by atoms with Crippen LogP contribution in [-0.4, -0.2) is 18.2 Å². The maximum Gasteiger partial charge on any atom is 0.407 e. The van der Waals surface area contributed by atoms with Crippen LogP contribution >= 0.6 is 0 Å². The van der Waals surface area contributed by atoms with Gasteiger partial charge in [0.15, 0.2) is 0 Å². The maximum atomic E-state index is 11.8. The van der Waals surface area contributed by atoms with Crippen LogP contribution < -0.4 is 5.32 Å². The molecule has 0 radical (unpaired) electrons. The minimum absolute atomic E-state index is 0.00247. The molecule has 1 amide bonds. The van der Waals surface area contributed by atoms with E-state index in [0.29, 0.717) is 0 Å². The summed E-state index contributed by atoms with van der Waals surface area (Å²) in [6.45, 7) is 0. The van der Waals surface area contributed by atoms with Crippen LogP contribution in [0.25, 0.3) is 0 Å². The normalized spacial score (nSPS) is 21.0. The second kappa shape index (κ2) is 7.12. The van der Waals surface area contributed by atoms with Crippen LogP contribution in [0, 0.1) is 0 Å². The van der Waals surface area contributed by atoms with Crippen molar-refractivity contribution < 1.29 is 9.53 Å². The van der Waals surface area contributed by atoms with Crippen molar-refractivity contribution in [3.05, 3.63) is 71.8 Å². The molecule has 1 heterocycles. The zero-order valence-electron chi connectivity index (χ0n) is 12.6. The van der Waals surface area contributed by atoms with Gasteiger partial charge in [0.2, 0.25) is 0 Å². The standard InChI is InChI=1S/C19H21NO2/c21-19-20-17(13-16-9-5-2-6-10-16)14-18(22-19)12-11-15-7-3-1-4-8-15/h1-10,17-18H,11-14H2,(H,20,21). The number of hydrogen-bond donors (Lipinski definition) is 1. The Morgan fingerprint density at radius 2 is 1.59 bits per heavy atom. The third kappa shape index (κ3) is 4.10. The first-order valence-electron chi connectivity index (χ1n) is 7.84. The molecule has 2 aromatic carbocycles. The van der Waals surface area contributed by atoms with Gasteiger partial charge in [-0.15, -0.1) is 0 Å². The molecular weight excluding hydrogens is 274 g/mol. The van der Waals surface area contributed by atoms with Crippen LogP contribution in [0.5, 0.6) is 0 Å². The molecule has 1 fully saturated rings. The fourth-order valence-electron chi connectivity index (χ4n) is 2.96. The lowest BCUT2D eigenvalue weighted by Crippen LogP contribution is -2.46. The Bertz CT molecular complexity index is 597. The van der Waals surface area contributed by atoms with Gasteiger partial charge in [-0.2, -0.15) is 0 Å². The van der Waals surface area contributed by atoms with E-state index in [0.717, 1.165) is 25.7 Å². The molecule has 2 atom stereocenters. The minimum Gasteiger partial charge on any atom is -0.446 e. The predicted molar refractivity (Wildman–Crippen MR) is 86.7 cm³/mol. The Morgan fingerprint density at radius 3 is 2.27 bits per heavy atom. The molecule has 1 saturated heterocycles. The second-order valence-electron chi connectivity index (χ2n) is 5.82. The Labute approximate surface area is 131 Å². The third-order valence-corrected chi connectivity index (χ3v) is 4.07. The molecule has 0 aliphatic carbocycles. The maximum absolute atomic E-state index is 11.8. The Kier molecular flexibility index (Phi) is 4.74. The van der Waals surface area contributed by atoms with Crippen molar-refractivity contribution in [2.24, 2.45) is 0 Å². The van der Waals surface area contributed by atoms with Gasteiger partial charge in [-0.05, 0) is 30.4 Å². The number of nitrogens with one attached hydrogen (secondary N) is 1. The van der Waals surface area contributed by atoms with Crippen molar-refractivity contribution in [3.63, 3.8) is 0 Å². The molecule has 1 aliphatic rings. The van der Waals surface area contributed by atoms with E-state index >= 15 is 0 Å². The summed E-state index contributed by atoms with van der Waals surface area (Å²) in [5.41, 5.74) is 2.54. The van der Waals surface area contributed by atoms with E-state index in [4.69, 9.17) is 4.74 Å². The quantitative estimate of drug-likeness (QED) is 0.912. The Morgan fingerprint density at radius 1 is 0.955 bits per heavy atom. The van der Waals surface area contributed by atoms with Gasteiger partial charge in [-0.25, -0.2) is 4.79 Å². The number of carbonyl (C=O) groups excluding carboxylic acids is 1. The molecule has 2 aromatic rings. The average Bonchev–Trinajstić information content (AvgIpc) is 2.54. The van der Waals surface area contributed by atoms with Crippen molar-refractivity contribution in [2.75, 3.05) is 0 Å². The number of hydrogen-bond acceptors (Lipinski definition) is 2. The van der Waals surface area contributed by atoms with Crippen molar-refractivity contribution in [2.45, 2.75) is 37.8 Å². The summed E-state index contributed by atoms with van der Waals surface area (Å²) in [5.74, 6) is 0. The van der Waals surface area contributed by atoms with E-state index < -0.39 is 0 Å². The highest BCUT2D eigenvalue weighted by atomic mass is 16.6. The topological polar surface area (TPSA) is 38.3 Å².